The van der Waals surface area contributed by atoms with Crippen molar-refractivity contribution in [3.63, 3.8) is 0 Å². The van der Waals surface area contributed by atoms with Gasteiger partial charge in [0.05, 0.1) is 11.5 Å². The van der Waals surface area contributed by atoms with Crippen molar-refractivity contribution in [1.82, 2.24) is 0 Å². The average Bonchev–Trinajstić information content (AvgIpc) is 2.35. The van der Waals surface area contributed by atoms with Crippen molar-refractivity contribution in [2.45, 2.75) is 25.9 Å². The van der Waals surface area contributed by atoms with Crippen LogP contribution in [0.4, 0.5) is 13.2 Å². The van der Waals surface area contributed by atoms with Crippen LogP contribution in [0.25, 0.3) is 0 Å². The molecular formula is C13H14F3NO3. The fourth-order valence-corrected chi connectivity index (χ4v) is 1.91. The number of rotatable bonds is 5. The Morgan fingerprint density at radius 2 is 1.75 bits per heavy atom. The topological polar surface area (TPSA) is 60.2 Å². The predicted octanol–water partition coefficient (Wildman–Crippen LogP) is 3.29. The molecule has 0 radical (unpaired) electrons. The van der Waals surface area contributed by atoms with E-state index < -0.39 is 34.5 Å². The Morgan fingerprint density at radius 3 is 2.10 bits per heavy atom. The number of hydrogen-bond donors (Lipinski definition) is 0. The maximum Gasteiger partial charge on any atom is 0.416 e. The van der Waals surface area contributed by atoms with E-state index in [-0.39, 0.29) is 0 Å². The molecule has 1 atom stereocenters. The van der Waals surface area contributed by atoms with E-state index in [4.69, 9.17) is 0 Å². The van der Waals surface area contributed by atoms with Crippen LogP contribution in [-0.2, 0) is 11.0 Å². The van der Waals surface area contributed by atoms with Crippen molar-refractivity contribution in [1.29, 1.82) is 0 Å². The third-order valence-corrected chi connectivity index (χ3v) is 3.17. The molecule has 0 spiro atoms. The number of carbonyl (C=O) groups excluding carboxylic acids is 1. The Morgan fingerprint density at radius 1 is 1.25 bits per heavy atom. The summed E-state index contributed by atoms with van der Waals surface area (Å²) in [5, 5.41) is 10.7. The van der Waals surface area contributed by atoms with Crippen LogP contribution >= 0.6 is 0 Å². The molecule has 0 aliphatic rings. The Balaban J connectivity index is 3.15. The molecule has 1 aromatic rings. The molecule has 4 nitrogen and oxygen atoms in total. The highest BCUT2D eigenvalue weighted by atomic mass is 19.4. The largest absolute Gasteiger partial charge is 0.416 e. The summed E-state index contributed by atoms with van der Waals surface area (Å²) in [4.78, 5) is 21.2. The first-order valence-corrected chi connectivity index (χ1v) is 5.83. The molecule has 0 aliphatic carbocycles. The van der Waals surface area contributed by atoms with Gasteiger partial charge in [-0.05, 0) is 17.7 Å². The van der Waals surface area contributed by atoms with Crippen LogP contribution < -0.4 is 0 Å². The van der Waals surface area contributed by atoms with Crippen molar-refractivity contribution in [2.24, 2.45) is 5.41 Å². The lowest BCUT2D eigenvalue weighted by atomic mass is 9.76. The van der Waals surface area contributed by atoms with E-state index in [1.54, 1.807) is 0 Å². The second-order valence-corrected chi connectivity index (χ2v) is 5.13. The zero-order chi connectivity index (χ0) is 15.6. The molecule has 0 saturated carbocycles. The molecule has 0 heterocycles. The van der Waals surface area contributed by atoms with Gasteiger partial charge in [-0.1, -0.05) is 26.0 Å². The monoisotopic (exact) mass is 289 g/mol. The van der Waals surface area contributed by atoms with Crippen molar-refractivity contribution in [2.75, 3.05) is 6.54 Å². The van der Waals surface area contributed by atoms with E-state index >= 15 is 0 Å². The number of halogens is 3. The lowest BCUT2D eigenvalue weighted by molar-refractivity contribution is -0.485. The second-order valence-electron chi connectivity index (χ2n) is 5.13. The van der Waals surface area contributed by atoms with Crippen LogP contribution in [0.5, 0.6) is 0 Å². The van der Waals surface area contributed by atoms with Crippen LogP contribution in [0, 0.1) is 15.5 Å². The molecule has 20 heavy (non-hydrogen) atoms. The van der Waals surface area contributed by atoms with Gasteiger partial charge in [-0.2, -0.15) is 13.2 Å². The summed E-state index contributed by atoms with van der Waals surface area (Å²) < 4.78 is 37.4. The van der Waals surface area contributed by atoms with Crippen molar-refractivity contribution < 1.29 is 22.9 Å². The number of alkyl halides is 3. The Labute approximate surface area is 113 Å². The number of hydrogen-bond acceptors (Lipinski definition) is 3. The van der Waals surface area contributed by atoms with E-state index in [1.807, 2.05) is 0 Å². The Hall–Kier alpha value is -1.92. The van der Waals surface area contributed by atoms with Gasteiger partial charge in [0.2, 0.25) is 6.54 Å². The van der Waals surface area contributed by atoms with Gasteiger partial charge in [0.1, 0.15) is 6.29 Å². The van der Waals surface area contributed by atoms with Crippen LogP contribution in [0.3, 0.4) is 0 Å². The van der Waals surface area contributed by atoms with Gasteiger partial charge in [0, 0.05) is 10.3 Å². The number of nitro groups is 1. The molecule has 1 rings (SSSR count). The molecule has 0 saturated heterocycles. The first kappa shape index (κ1) is 16.1. The van der Waals surface area contributed by atoms with E-state index in [0.717, 1.165) is 12.1 Å². The molecule has 0 amide bonds. The summed E-state index contributed by atoms with van der Waals surface area (Å²) in [7, 11) is 0. The van der Waals surface area contributed by atoms with E-state index in [2.05, 4.69) is 0 Å². The molecule has 0 unspecified atom stereocenters. The molecule has 1 aromatic carbocycles. The highest BCUT2D eigenvalue weighted by molar-refractivity contribution is 5.60. The van der Waals surface area contributed by atoms with Crippen molar-refractivity contribution in [3.05, 3.63) is 45.5 Å². The zero-order valence-corrected chi connectivity index (χ0v) is 11.0. The van der Waals surface area contributed by atoms with Crippen LogP contribution in [0.15, 0.2) is 24.3 Å². The molecule has 0 aliphatic heterocycles. The normalized spacial score (nSPS) is 13.8. The van der Waals surface area contributed by atoms with Gasteiger partial charge >= 0.3 is 6.18 Å². The minimum atomic E-state index is -4.46. The smallest absolute Gasteiger partial charge is 0.303 e. The molecule has 110 valence electrons. The summed E-state index contributed by atoms with van der Waals surface area (Å²) in [5.41, 5.74) is -1.52. The highest BCUT2D eigenvalue weighted by Crippen LogP contribution is 2.36. The third kappa shape index (κ3) is 3.79. The van der Waals surface area contributed by atoms with Crippen LogP contribution in [0.2, 0.25) is 0 Å². The molecule has 0 bridgehead atoms. The minimum absolute atomic E-state index is 0.340. The van der Waals surface area contributed by atoms with Crippen LogP contribution in [0.1, 0.15) is 30.9 Å². The first-order chi connectivity index (χ1) is 9.08. The lowest BCUT2D eigenvalue weighted by Crippen LogP contribution is -2.29. The molecule has 7 heteroatoms. The standard InChI is InChI=1S/C13H14F3NO3/c1-12(2,8-18)11(7-17(19)20)9-3-5-10(6-4-9)13(14,15)16/h3-6,8,11H,7H2,1-2H3/t11-/m0/s1. The number of carbonyl (C=O) groups is 1. The fraction of sp³-hybridized carbons (Fsp3) is 0.462. The summed E-state index contributed by atoms with van der Waals surface area (Å²) in [6.07, 6.45) is -3.88. The summed E-state index contributed by atoms with van der Waals surface area (Å²) in [5.74, 6) is -0.780. The van der Waals surface area contributed by atoms with E-state index in [9.17, 15) is 28.1 Å². The van der Waals surface area contributed by atoms with Gasteiger partial charge < -0.3 is 4.79 Å². The zero-order valence-electron chi connectivity index (χ0n) is 11.0. The van der Waals surface area contributed by atoms with Crippen LogP contribution in [-0.4, -0.2) is 17.8 Å². The molecule has 0 N–H and O–H groups in total. The SMILES string of the molecule is CC(C)(C=O)[C@@H](C[N+](=O)[O-])c1ccc(C(F)(F)F)cc1. The second kappa shape index (κ2) is 5.60. The summed E-state index contributed by atoms with van der Waals surface area (Å²) >= 11 is 0. The molecule has 0 fully saturated rings. The summed E-state index contributed by atoms with van der Waals surface area (Å²) in [6, 6.07) is 4.09. The fourth-order valence-electron chi connectivity index (χ4n) is 1.91. The minimum Gasteiger partial charge on any atom is -0.303 e. The lowest BCUT2D eigenvalue weighted by Gasteiger charge is -2.26. The molecular weight excluding hydrogens is 275 g/mol. The van der Waals surface area contributed by atoms with Gasteiger partial charge in [0.15, 0.2) is 0 Å². The van der Waals surface area contributed by atoms with Gasteiger partial charge in [-0.25, -0.2) is 0 Å². The van der Waals surface area contributed by atoms with Gasteiger partial charge in [-0.15, -0.1) is 0 Å². The Bertz CT molecular complexity index is 495. The van der Waals surface area contributed by atoms with Crippen molar-refractivity contribution in [3.8, 4) is 0 Å². The average molecular weight is 289 g/mol. The first-order valence-electron chi connectivity index (χ1n) is 5.83. The Kier molecular flexibility index (Phi) is 4.52. The highest BCUT2D eigenvalue weighted by Gasteiger charge is 2.36. The predicted molar refractivity (Wildman–Crippen MR) is 65.9 cm³/mol. The molecule has 0 aromatic heterocycles. The van der Waals surface area contributed by atoms with Gasteiger partial charge in [-0.3, -0.25) is 10.1 Å². The number of benzene rings is 1. The maximum atomic E-state index is 12.5. The van der Waals surface area contributed by atoms with E-state index in [0.29, 0.717) is 11.8 Å². The van der Waals surface area contributed by atoms with Gasteiger partial charge in [0.25, 0.3) is 0 Å². The summed E-state index contributed by atoms with van der Waals surface area (Å²) in [6.45, 7) is 2.52. The quantitative estimate of drug-likeness (QED) is 0.475. The maximum absolute atomic E-state index is 12.5. The van der Waals surface area contributed by atoms with Crippen molar-refractivity contribution >= 4 is 6.29 Å². The third-order valence-electron chi connectivity index (χ3n) is 3.17. The number of aldehydes is 1. The number of nitrogens with zero attached hydrogens (tertiary/aromatic N) is 1. The van der Waals surface area contributed by atoms with E-state index in [1.165, 1.54) is 26.0 Å².